The zero-order valence-corrected chi connectivity index (χ0v) is 13.2. The second-order valence-corrected chi connectivity index (χ2v) is 5.06. The van der Waals surface area contributed by atoms with Crippen molar-refractivity contribution in [2.24, 2.45) is 0 Å². The van der Waals surface area contributed by atoms with Crippen LogP contribution in [0, 0.1) is 0 Å². The Bertz CT molecular complexity index is 578. The second-order valence-electron chi connectivity index (χ2n) is 5.06. The molecule has 1 atom stereocenters. The van der Waals surface area contributed by atoms with Crippen LogP contribution in [0.1, 0.15) is 31.0 Å². The fraction of sp³-hybridized carbons (Fsp3) is 0.412. The lowest BCUT2D eigenvalue weighted by Gasteiger charge is -2.18. The van der Waals surface area contributed by atoms with E-state index in [0.717, 1.165) is 30.2 Å². The lowest BCUT2D eigenvalue weighted by Crippen LogP contribution is -2.18. The van der Waals surface area contributed by atoms with Gasteiger partial charge in [-0.3, -0.25) is 0 Å². The Balaban J connectivity index is 2.06. The number of hydrogen-bond acceptors (Lipinski definition) is 3. The molecule has 1 aromatic heterocycles. The summed E-state index contributed by atoms with van der Waals surface area (Å²) in [4.78, 5) is 0. The molecule has 2 rings (SSSR count). The van der Waals surface area contributed by atoms with Crippen molar-refractivity contribution in [3.63, 3.8) is 0 Å². The van der Waals surface area contributed by atoms with Crippen molar-refractivity contribution in [3.8, 4) is 11.5 Å². The summed E-state index contributed by atoms with van der Waals surface area (Å²) >= 11 is 0. The first-order valence-corrected chi connectivity index (χ1v) is 7.28. The van der Waals surface area contributed by atoms with E-state index in [9.17, 15) is 0 Å². The third-order valence-corrected chi connectivity index (χ3v) is 3.69. The molecule has 4 heteroatoms. The van der Waals surface area contributed by atoms with E-state index >= 15 is 0 Å². The molecule has 1 heterocycles. The molecule has 0 saturated carbocycles. The molecule has 0 fully saturated rings. The number of rotatable bonds is 7. The summed E-state index contributed by atoms with van der Waals surface area (Å²) in [7, 11) is 3.37. The lowest BCUT2D eigenvalue weighted by molar-refractivity contribution is 0.391. The molecule has 1 unspecified atom stereocenters. The molecular weight excluding hydrogens is 264 g/mol. The number of nitrogens with zero attached hydrogens (tertiary/aromatic N) is 1. The first-order valence-electron chi connectivity index (χ1n) is 7.28. The minimum absolute atomic E-state index is 0.181. The molecule has 0 aliphatic heterocycles. The van der Waals surface area contributed by atoms with E-state index in [2.05, 4.69) is 42.2 Å². The highest BCUT2D eigenvalue weighted by Gasteiger charge is 2.12. The highest BCUT2D eigenvalue weighted by atomic mass is 16.5. The molecule has 2 aromatic rings. The van der Waals surface area contributed by atoms with Crippen molar-refractivity contribution < 1.29 is 9.47 Å². The Kier molecular flexibility index (Phi) is 5.28. The number of nitrogens with one attached hydrogen (secondary N) is 1. The average Bonchev–Trinajstić information content (AvgIpc) is 3.00. The van der Waals surface area contributed by atoms with Crippen LogP contribution in [0.15, 0.2) is 36.7 Å². The highest BCUT2D eigenvalue weighted by Crippen LogP contribution is 2.29. The SMILES string of the molecule is CCn1ccc(CNC(C)c2cc(OC)ccc2OC)c1. The molecular formula is C17H24N2O2. The molecule has 4 nitrogen and oxygen atoms in total. The maximum absolute atomic E-state index is 5.44. The standard InChI is InChI=1S/C17H24N2O2/c1-5-19-9-8-14(12-19)11-18-13(2)16-10-15(20-3)6-7-17(16)21-4/h6-10,12-13,18H,5,11H2,1-4H3. The molecule has 0 radical (unpaired) electrons. The Morgan fingerprint density at radius 2 is 2.00 bits per heavy atom. The predicted octanol–water partition coefficient (Wildman–Crippen LogP) is 3.38. The first kappa shape index (κ1) is 15.4. The molecule has 114 valence electrons. The van der Waals surface area contributed by atoms with E-state index < -0.39 is 0 Å². The van der Waals surface area contributed by atoms with Gasteiger partial charge in [-0.25, -0.2) is 0 Å². The van der Waals surface area contributed by atoms with Crippen LogP contribution < -0.4 is 14.8 Å². The van der Waals surface area contributed by atoms with E-state index in [-0.39, 0.29) is 6.04 Å². The summed E-state index contributed by atoms with van der Waals surface area (Å²) in [6, 6.07) is 8.20. The van der Waals surface area contributed by atoms with Crippen molar-refractivity contribution in [2.45, 2.75) is 33.0 Å². The van der Waals surface area contributed by atoms with Gasteiger partial charge in [-0.05, 0) is 43.7 Å². The van der Waals surface area contributed by atoms with Crippen molar-refractivity contribution in [1.29, 1.82) is 0 Å². The Morgan fingerprint density at radius 1 is 1.19 bits per heavy atom. The molecule has 0 saturated heterocycles. The molecule has 0 bridgehead atoms. The van der Waals surface area contributed by atoms with Crippen LogP contribution in [0.3, 0.4) is 0 Å². The third-order valence-electron chi connectivity index (χ3n) is 3.69. The van der Waals surface area contributed by atoms with Crippen molar-refractivity contribution in [2.75, 3.05) is 14.2 Å². The average molecular weight is 288 g/mol. The van der Waals surface area contributed by atoms with Gasteiger partial charge in [-0.1, -0.05) is 0 Å². The van der Waals surface area contributed by atoms with E-state index in [1.165, 1.54) is 5.56 Å². The first-order chi connectivity index (χ1) is 10.2. The summed E-state index contributed by atoms with van der Waals surface area (Å²) in [5, 5.41) is 3.53. The Morgan fingerprint density at radius 3 is 2.62 bits per heavy atom. The largest absolute Gasteiger partial charge is 0.497 e. The molecule has 1 N–H and O–H groups in total. The zero-order valence-electron chi connectivity index (χ0n) is 13.2. The van der Waals surface area contributed by atoms with Gasteiger partial charge >= 0.3 is 0 Å². The summed E-state index contributed by atoms with van der Waals surface area (Å²) < 4.78 is 12.9. The topological polar surface area (TPSA) is 35.4 Å². The monoisotopic (exact) mass is 288 g/mol. The van der Waals surface area contributed by atoms with Crippen LogP contribution in [0.2, 0.25) is 0 Å². The van der Waals surface area contributed by atoms with Gasteiger partial charge in [0.15, 0.2) is 0 Å². The molecule has 21 heavy (non-hydrogen) atoms. The number of aryl methyl sites for hydroxylation is 1. The van der Waals surface area contributed by atoms with Crippen LogP contribution in [0.4, 0.5) is 0 Å². The van der Waals surface area contributed by atoms with Gasteiger partial charge in [0.25, 0.3) is 0 Å². The van der Waals surface area contributed by atoms with Gasteiger partial charge in [0.1, 0.15) is 11.5 Å². The molecule has 0 amide bonds. The van der Waals surface area contributed by atoms with Crippen molar-refractivity contribution in [3.05, 3.63) is 47.8 Å². The fourth-order valence-electron chi connectivity index (χ4n) is 2.35. The smallest absolute Gasteiger partial charge is 0.123 e. The number of aromatic nitrogens is 1. The molecule has 0 spiro atoms. The number of ether oxygens (including phenoxy) is 2. The minimum atomic E-state index is 0.181. The van der Waals surface area contributed by atoms with Crippen LogP contribution in [-0.2, 0) is 13.1 Å². The summed E-state index contributed by atoms with van der Waals surface area (Å²) in [6.45, 7) is 6.10. The van der Waals surface area contributed by atoms with Crippen LogP contribution >= 0.6 is 0 Å². The van der Waals surface area contributed by atoms with Gasteiger partial charge in [-0.2, -0.15) is 0 Å². The van der Waals surface area contributed by atoms with E-state index in [1.54, 1.807) is 14.2 Å². The minimum Gasteiger partial charge on any atom is -0.497 e. The summed E-state index contributed by atoms with van der Waals surface area (Å²) in [5.41, 5.74) is 2.39. The number of methoxy groups -OCH3 is 2. The molecule has 1 aromatic carbocycles. The fourth-order valence-corrected chi connectivity index (χ4v) is 2.35. The third kappa shape index (κ3) is 3.79. The summed E-state index contributed by atoms with van der Waals surface area (Å²) in [6.07, 6.45) is 4.27. The predicted molar refractivity (Wildman–Crippen MR) is 84.9 cm³/mol. The maximum Gasteiger partial charge on any atom is 0.123 e. The van der Waals surface area contributed by atoms with Crippen molar-refractivity contribution >= 4 is 0 Å². The number of benzene rings is 1. The summed E-state index contributed by atoms with van der Waals surface area (Å²) in [5.74, 6) is 1.72. The lowest BCUT2D eigenvalue weighted by atomic mass is 10.1. The molecule has 0 aliphatic rings. The van der Waals surface area contributed by atoms with Gasteiger partial charge in [0.2, 0.25) is 0 Å². The Labute approximate surface area is 126 Å². The van der Waals surface area contributed by atoms with Gasteiger partial charge in [0, 0.05) is 37.1 Å². The van der Waals surface area contributed by atoms with Gasteiger partial charge in [0.05, 0.1) is 14.2 Å². The second kappa shape index (κ2) is 7.18. The van der Waals surface area contributed by atoms with E-state index in [0.29, 0.717) is 0 Å². The highest BCUT2D eigenvalue weighted by molar-refractivity contribution is 5.42. The van der Waals surface area contributed by atoms with Crippen LogP contribution in [0.25, 0.3) is 0 Å². The van der Waals surface area contributed by atoms with Crippen LogP contribution in [0.5, 0.6) is 11.5 Å². The number of hydrogen-bond donors (Lipinski definition) is 1. The van der Waals surface area contributed by atoms with Gasteiger partial charge < -0.3 is 19.4 Å². The maximum atomic E-state index is 5.44. The quantitative estimate of drug-likeness (QED) is 0.848. The normalized spacial score (nSPS) is 12.2. The van der Waals surface area contributed by atoms with E-state index in [4.69, 9.17) is 9.47 Å². The van der Waals surface area contributed by atoms with E-state index in [1.807, 2.05) is 18.2 Å². The van der Waals surface area contributed by atoms with Crippen LogP contribution in [-0.4, -0.2) is 18.8 Å². The van der Waals surface area contributed by atoms with Crippen molar-refractivity contribution in [1.82, 2.24) is 9.88 Å². The Hall–Kier alpha value is -1.94. The zero-order chi connectivity index (χ0) is 15.2. The molecule has 0 aliphatic carbocycles. The van der Waals surface area contributed by atoms with Gasteiger partial charge in [-0.15, -0.1) is 0 Å².